The fraction of sp³-hybridized carbons (Fsp3) is 0.0500. The van der Waals surface area contributed by atoms with Gasteiger partial charge >= 0.3 is 3.93 Å². The van der Waals surface area contributed by atoms with Gasteiger partial charge in [0, 0.05) is 22.6 Å². The number of benzene rings is 3. The molecule has 0 heterocycles. The van der Waals surface area contributed by atoms with Gasteiger partial charge in [0.2, 0.25) is 13.5 Å². The third-order valence-corrected chi connectivity index (χ3v) is 9.81. The van der Waals surface area contributed by atoms with Gasteiger partial charge in [-0.25, -0.2) is 0 Å². The van der Waals surface area contributed by atoms with Gasteiger partial charge < -0.3 is 0 Å². The van der Waals surface area contributed by atoms with Crippen LogP contribution in [-0.4, -0.2) is 17.4 Å². The van der Waals surface area contributed by atoms with Crippen LogP contribution in [-0.2, 0) is 4.79 Å². The van der Waals surface area contributed by atoms with E-state index in [2.05, 4.69) is 0 Å². The highest BCUT2D eigenvalue weighted by molar-refractivity contribution is 14.1. The summed E-state index contributed by atoms with van der Waals surface area (Å²) in [4.78, 5) is 13.2. The first-order chi connectivity index (χ1) is 12.0. The first-order valence-corrected chi connectivity index (χ1v) is 10.8. The standard InChI is InChI=1S/C20H15F2IOSi/c21-20(22,23)19(24)25(16-10-4-1-5-11-16,17-12-6-2-7-13-17)18-14-8-3-9-15-18/h1-15H. The predicted molar refractivity (Wildman–Crippen MR) is 108 cm³/mol. The van der Waals surface area contributed by atoms with E-state index in [4.69, 9.17) is 0 Å². The number of hydrogen-bond donors (Lipinski definition) is 0. The highest BCUT2D eigenvalue weighted by Gasteiger charge is 2.55. The van der Waals surface area contributed by atoms with Crippen LogP contribution in [0.25, 0.3) is 0 Å². The van der Waals surface area contributed by atoms with E-state index in [1.54, 1.807) is 72.8 Å². The second-order valence-corrected chi connectivity index (χ2v) is 10.7. The van der Waals surface area contributed by atoms with Gasteiger partial charge in [-0.15, -0.1) is 0 Å². The smallest absolute Gasteiger partial charge is 0.296 e. The van der Waals surface area contributed by atoms with E-state index < -0.39 is 17.4 Å². The van der Waals surface area contributed by atoms with E-state index >= 15 is 0 Å². The summed E-state index contributed by atoms with van der Waals surface area (Å²) in [6.45, 7) is 0. The van der Waals surface area contributed by atoms with Gasteiger partial charge in [-0.05, 0) is 15.6 Å². The zero-order valence-electron chi connectivity index (χ0n) is 13.2. The average molecular weight is 464 g/mol. The molecule has 0 spiro atoms. The molecule has 3 aromatic rings. The summed E-state index contributed by atoms with van der Waals surface area (Å²) in [5, 5.41) is 0.973. The minimum Gasteiger partial charge on any atom is -0.296 e. The molecule has 5 heteroatoms. The van der Waals surface area contributed by atoms with E-state index in [0.717, 1.165) is 22.6 Å². The third kappa shape index (κ3) is 3.30. The molecule has 0 aliphatic carbocycles. The van der Waals surface area contributed by atoms with Crippen molar-refractivity contribution in [3.63, 3.8) is 0 Å². The minimum atomic E-state index is -3.56. The van der Waals surface area contributed by atoms with Crippen molar-refractivity contribution in [3.8, 4) is 0 Å². The van der Waals surface area contributed by atoms with Crippen molar-refractivity contribution in [1.82, 2.24) is 0 Å². The maximum atomic E-state index is 14.3. The second kappa shape index (κ2) is 7.17. The molecule has 0 unspecified atom stereocenters. The molecule has 0 saturated carbocycles. The van der Waals surface area contributed by atoms with Crippen LogP contribution in [0.2, 0.25) is 0 Å². The predicted octanol–water partition coefficient (Wildman–Crippen LogP) is 3.29. The zero-order chi connectivity index (χ0) is 17.9. The molecule has 0 bridgehead atoms. The maximum Gasteiger partial charge on any atom is 0.350 e. The van der Waals surface area contributed by atoms with Gasteiger partial charge in [0.15, 0.2) is 0 Å². The number of rotatable bonds is 5. The summed E-state index contributed by atoms with van der Waals surface area (Å²) < 4.78 is 25.2. The highest BCUT2D eigenvalue weighted by Crippen LogP contribution is 2.28. The van der Waals surface area contributed by atoms with Crippen LogP contribution in [0.1, 0.15) is 0 Å². The van der Waals surface area contributed by atoms with Gasteiger partial charge in [0.1, 0.15) is 0 Å². The summed E-state index contributed by atoms with van der Waals surface area (Å²) in [6.07, 6.45) is 0. The first-order valence-electron chi connectivity index (χ1n) is 7.75. The summed E-state index contributed by atoms with van der Waals surface area (Å²) >= 11 is 0.960. The molecule has 3 aromatic carbocycles. The van der Waals surface area contributed by atoms with Gasteiger partial charge in [-0.3, -0.25) is 4.79 Å². The Balaban J connectivity index is 2.43. The van der Waals surface area contributed by atoms with Crippen LogP contribution in [0.5, 0.6) is 0 Å². The number of carbonyl (C=O) groups is 1. The van der Waals surface area contributed by atoms with E-state index in [9.17, 15) is 13.6 Å². The lowest BCUT2D eigenvalue weighted by Crippen LogP contribution is -2.75. The number of alkyl halides is 3. The summed E-state index contributed by atoms with van der Waals surface area (Å²) in [6, 6.07) is 26.9. The Hall–Kier alpha value is -1.86. The molecule has 0 aliphatic heterocycles. The Morgan fingerprint density at radius 3 is 1.20 bits per heavy atom. The average Bonchev–Trinajstić information content (AvgIpc) is 2.64. The topological polar surface area (TPSA) is 17.1 Å². The fourth-order valence-electron chi connectivity index (χ4n) is 3.17. The molecule has 0 aliphatic rings. The fourth-order valence-corrected chi connectivity index (χ4v) is 8.67. The molecule has 0 amide bonds. The SMILES string of the molecule is O=C(C(F)(F)I)[Si](c1ccccc1)(c1ccccc1)c1ccccc1. The quantitative estimate of drug-likeness (QED) is 0.245. The van der Waals surface area contributed by atoms with Crippen LogP contribution in [0.15, 0.2) is 91.0 Å². The Labute approximate surface area is 159 Å². The van der Waals surface area contributed by atoms with E-state index in [-0.39, 0.29) is 0 Å². The summed E-state index contributed by atoms with van der Waals surface area (Å²) in [5.74, 6) is 0. The molecule has 25 heavy (non-hydrogen) atoms. The lowest BCUT2D eigenvalue weighted by molar-refractivity contribution is -0.123. The van der Waals surface area contributed by atoms with Crippen LogP contribution in [0, 0.1) is 0 Å². The molecule has 0 aromatic heterocycles. The van der Waals surface area contributed by atoms with Gasteiger partial charge in [0.25, 0.3) is 0 Å². The van der Waals surface area contributed by atoms with Gasteiger partial charge in [-0.2, -0.15) is 8.78 Å². The van der Waals surface area contributed by atoms with E-state index in [1.165, 1.54) is 0 Å². The first kappa shape index (κ1) is 17.9. The molecule has 1 nitrogen and oxygen atoms in total. The molecule has 0 atom stereocenters. The molecule has 126 valence electrons. The summed E-state index contributed by atoms with van der Waals surface area (Å²) in [5.41, 5.74) is 0. The van der Waals surface area contributed by atoms with Crippen LogP contribution in [0.4, 0.5) is 8.78 Å². The number of carbonyl (C=O) groups excluding carboxylic acids is 1. The molecule has 0 fully saturated rings. The van der Waals surface area contributed by atoms with Crippen molar-refractivity contribution in [2.24, 2.45) is 0 Å². The largest absolute Gasteiger partial charge is 0.350 e. The Kier molecular flexibility index (Phi) is 5.15. The Bertz CT molecular complexity index is 752. The van der Waals surface area contributed by atoms with Crippen LogP contribution >= 0.6 is 22.6 Å². The van der Waals surface area contributed by atoms with Crippen molar-refractivity contribution >= 4 is 51.6 Å². The van der Waals surface area contributed by atoms with Crippen LogP contribution < -0.4 is 15.6 Å². The summed E-state index contributed by atoms with van der Waals surface area (Å²) in [7, 11) is -3.56. The molecular weight excluding hydrogens is 449 g/mol. The highest BCUT2D eigenvalue weighted by atomic mass is 127. The molecule has 3 rings (SSSR count). The van der Waals surface area contributed by atoms with Gasteiger partial charge in [-0.1, -0.05) is 91.0 Å². The molecule has 0 N–H and O–H groups in total. The lowest BCUT2D eigenvalue weighted by Gasteiger charge is -2.33. The Morgan fingerprint density at radius 2 is 0.960 bits per heavy atom. The second-order valence-electron chi connectivity index (χ2n) is 5.67. The van der Waals surface area contributed by atoms with Crippen molar-refractivity contribution < 1.29 is 13.6 Å². The van der Waals surface area contributed by atoms with Crippen molar-refractivity contribution in [1.29, 1.82) is 0 Å². The maximum absolute atomic E-state index is 14.3. The van der Waals surface area contributed by atoms with E-state index in [0.29, 0.717) is 15.6 Å². The number of hydrogen-bond acceptors (Lipinski definition) is 1. The van der Waals surface area contributed by atoms with Crippen molar-refractivity contribution in [2.75, 3.05) is 0 Å². The van der Waals surface area contributed by atoms with E-state index in [1.807, 2.05) is 18.2 Å². The minimum absolute atomic E-state index is 0.661. The van der Waals surface area contributed by atoms with Gasteiger partial charge in [0.05, 0.1) is 0 Å². The zero-order valence-corrected chi connectivity index (χ0v) is 16.4. The molecule has 0 radical (unpaired) electrons. The normalized spacial score (nSPS) is 12.0. The molecule has 0 saturated heterocycles. The Morgan fingerprint density at radius 1 is 0.680 bits per heavy atom. The monoisotopic (exact) mass is 464 g/mol. The third-order valence-electron chi connectivity index (χ3n) is 4.22. The lowest BCUT2D eigenvalue weighted by atomic mass is 10.3. The van der Waals surface area contributed by atoms with Crippen molar-refractivity contribution in [2.45, 2.75) is 3.93 Å². The van der Waals surface area contributed by atoms with Crippen molar-refractivity contribution in [3.05, 3.63) is 91.0 Å². The molecular formula is C20H15F2IOSi. The van der Waals surface area contributed by atoms with Crippen LogP contribution in [0.3, 0.4) is 0 Å². The number of halogens is 3.